The van der Waals surface area contributed by atoms with E-state index < -0.39 is 0 Å². The van der Waals surface area contributed by atoms with E-state index in [1.165, 1.54) is 5.56 Å². The van der Waals surface area contributed by atoms with E-state index >= 15 is 0 Å². The molecule has 0 atom stereocenters. The van der Waals surface area contributed by atoms with Crippen LogP contribution in [-0.4, -0.2) is 13.4 Å². The number of hydrogen-bond donors (Lipinski definition) is 0. The van der Waals surface area contributed by atoms with Gasteiger partial charge in [0.05, 0.1) is 7.11 Å². The topological polar surface area (TPSA) is 26.3 Å². The van der Waals surface area contributed by atoms with Crippen molar-refractivity contribution in [3.63, 3.8) is 0 Å². The SMILES string of the molecule is CCCc1cccc(CC=O)c1OC. The lowest BCUT2D eigenvalue weighted by Crippen LogP contribution is -1.98. The number of aldehydes is 1. The minimum absolute atomic E-state index is 0.431. The molecule has 0 aliphatic carbocycles. The molecule has 0 spiro atoms. The van der Waals surface area contributed by atoms with Crippen LogP contribution in [0.25, 0.3) is 0 Å². The van der Waals surface area contributed by atoms with Gasteiger partial charge in [0.25, 0.3) is 0 Å². The summed E-state index contributed by atoms with van der Waals surface area (Å²) in [5.41, 5.74) is 2.17. The van der Waals surface area contributed by atoms with Crippen LogP contribution in [0.15, 0.2) is 18.2 Å². The summed E-state index contributed by atoms with van der Waals surface area (Å²) >= 11 is 0. The summed E-state index contributed by atoms with van der Waals surface area (Å²) in [6, 6.07) is 5.97. The van der Waals surface area contributed by atoms with Crippen LogP contribution < -0.4 is 4.74 Å². The molecule has 14 heavy (non-hydrogen) atoms. The van der Waals surface area contributed by atoms with Crippen molar-refractivity contribution >= 4 is 6.29 Å². The molecule has 0 amide bonds. The molecule has 0 aliphatic heterocycles. The normalized spacial score (nSPS) is 9.86. The first-order valence-corrected chi connectivity index (χ1v) is 4.91. The fourth-order valence-electron chi connectivity index (χ4n) is 1.62. The average Bonchev–Trinajstić information content (AvgIpc) is 2.19. The Bertz CT molecular complexity index is 305. The number of para-hydroxylation sites is 1. The number of carbonyl (C=O) groups is 1. The molecular weight excluding hydrogens is 176 g/mol. The van der Waals surface area contributed by atoms with Crippen molar-refractivity contribution in [1.29, 1.82) is 0 Å². The van der Waals surface area contributed by atoms with E-state index in [4.69, 9.17) is 4.74 Å². The number of carbonyl (C=O) groups excluding carboxylic acids is 1. The second kappa shape index (κ2) is 5.43. The number of ether oxygens (including phenoxy) is 1. The molecule has 0 fully saturated rings. The van der Waals surface area contributed by atoms with Gasteiger partial charge in [-0.1, -0.05) is 31.5 Å². The smallest absolute Gasteiger partial charge is 0.125 e. The van der Waals surface area contributed by atoms with Crippen LogP contribution in [0.3, 0.4) is 0 Å². The third-order valence-corrected chi connectivity index (χ3v) is 2.20. The van der Waals surface area contributed by atoms with Crippen LogP contribution in [0.5, 0.6) is 5.75 Å². The lowest BCUT2D eigenvalue weighted by atomic mass is 10.0. The highest BCUT2D eigenvalue weighted by molar-refractivity contribution is 5.58. The Morgan fingerprint density at radius 1 is 1.36 bits per heavy atom. The average molecular weight is 192 g/mol. The lowest BCUT2D eigenvalue weighted by molar-refractivity contribution is -0.107. The van der Waals surface area contributed by atoms with Crippen molar-refractivity contribution in [2.45, 2.75) is 26.2 Å². The predicted octanol–water partition coefficient (Wildman–Crippen LogP) is 2.39. The van der Waals surface area contributed by atoms with Crippen LogP contribution in [0.4, 0.5) is 0 Å². The lowest BCUT2D eigenvalue weighted by Gasteiger charge is -2.11. The fourth-order valence-corrected chi connectivity index (χ4v) is 1.62. The van der Waals surface area contributed by atoms with Crippen molar-refractivity contribution in [2.75, 3.05) is 7.11 Å². The number of methoxy groups -OCH3 is 1. The number of hydrogen-bond acceptors (Lipinski definition) is 2. The maximum absolute atomic E-state index is 10.5. The van der Waals surface area contributed by atoms with Crippen LogP contribution in [0, 0.1) is 0 Å². The standard InChI is InChI=1S/C12H16O2/c1-3-5-10-6-4-7-11(8-9-13)12(10)14-2/h4,6-7,9H,3,5,8H2,1-2H3. The largest absolute Gasteiger partial charge is 0.496 e. The first-order chi connectivity index (χ1) is 6.83. The molecule has 0 bridgehead atoms. The van der Waals surface area contributed by atoms with Gasteiger partial charge >= 0.3 is 0 Å². The van der Waals surface area contributed by atoms with Crippen LogP contribution in [0.2, 0.25) is 0 Å². The van der Waals surface area contributed by atoms with E-state index in [1.807, 2.05) is 12.1 Å². The van der Waals surface area contributed by atoms with Crippen LogP contribution in [-0.2, 0) is 17.6 Å². The van der Waals surface area contributed by atoms with E-state index in [0.29, 0.717) is 6.42 Å². The summed E-state index contributed by atoms with van der Waals surface area (Å²) in [6.45, 7) is 2.13. The van der Waals surface area contributed by atoms with Gasteiger partial charge < -0.3 is 9.53 Å². The van der Waals surface area contributed by atoms with Gasteiger partial charge in [-0.3, -0.25) is 0 Å². The van der Waals surface area contributed by atoms with E-state index in [0.717, 1.165) is 30.4 Å². The summed E-state index contributed by atoms with van der Waals surface area (Å²) in [6.07, 6.45) is 3.42. The van der Waals surface area contributed by atoms with E-state index in [-0.39, 0.29) is 0 Å². The molecule has 0 unspecified atom stereocenters. The van der Waals surface area contributed by atoms with Gasteiger partial charge in [0.2, 0.25) is 0 Å². The van der Waals surface area contributed by atoms with Crippen LogP contribution >= 0.6 is 0 Å². The van der Waals surface area contributed by atoms with Crippen molar-refractivity contribution in [1.82, 2.24) is 0 Å². The molecule has 0 radical (unpaired) electrons. The van der Waals surface area contributed by atoms with E-state index in [9.17, 15) is 4.79 Å². The molecule has 0 heterocycles. The Morgan fingerprint density at radius 3 is 2.64 bits per heavy atom. The van der Waals surface area contributed by atoms with Crippen molar-refractivity contribution in [3.8, 4) is 5.75 Å². The highest BCUT2D eigenvalue weighted by Crippen LogP contribution is 2.24. The molecule has 0 saturated heterocycles. The molecule has 0 saturated carbocycles. The zero-order chi connectivity index (χ0) is 10.4. The van der Waals surface area contributed by atoms with Gasteiger partial charge in [-0.25, -0.2) is 0 Å². The van der Waals surface area contributed by atoms with Crippen molar-refractivity contribution < 1.29 is 9.53 Å². The molecule has 2 nitrogen and oxygen atoms in total. The minimum atomic E-state index is 0.431. The molecule has 1 aromatic rings. The Morgan fingerprint density at radius 2 is 2.07 bits per heavy atom. The first kappa shape index (κ1) is 10.8. The fraction of sp³-hybridized carbons (Fsp3) is 0.417. The van der Waals surface area contributed by atoms with Crippen molar-refractivity contribution in [2.24, 2.45) is 0 Å². The van der Waals surface area contributed by atoms with Gasteiger partial charge in [0.15, 0.2) is 0 Å². The van der Waals surface area contributed by atoms with Crippen LogP contribution in [0.1, 0.15) is 24.5 Å². The van der Waals surface area contributed by atoms with Gasteiger partial charge in [-0.2, -0.15) is 0 Å². The van der Waals surface area contributed by atoms with E-state index in [1.54, 1.807) is 7.11 Å². The van der Waals surface area contributed by atoms with E-state index in [2.05, 4.69) is 13.0 Å². The zero-order valence-corrected chi connectivity index (χ0v) is 8.75. The zero-order valence-electron chi connectivity index (χ0n) is 8.75. The molecule has 0 aromatic heterocycles. The quantitative estimate of drug-likeness (QED) is 0.669. The Labute approximate surface area is 84.9 Å². The predicted molar refractivity (Wildman–Crippen MR) is 56.8 cm³/mol. The number of benzene rings is 1. The molecular formula is C12H16O2. The molecule has 1 rings (SSSR count). The van der Waals surface area contributed by atoms with Crippen molar-refractivity contribution in [3.05, 3.63) is 29.3 Å². The first-order valence-electron chi connectivity index (χ1n) is 4.91. The second-order valence-electron chi connectivity index (χ2n) is 3.23. The summed E-state index contributed by atoms with van der Waals surface area (Å²) in [5, 5.41) is 0. The summed E-state index contributed by atoms with van der Waals surface area (Å²) in [5.74, 6) is 0.876. The Balaban J connectivity index is 3.03. The molecule has 0 N–H and O–H groups in total. The third-order valence-electron chi connectivity index (χ3n) is 2.20. The molecule has 1 aromatic carbocycles. The summed E-state index contributed by atoms with van der Waals surface area (Å²) in [4.78, 5) is 10.5. The van der Waals surface area contributed by atoms with Gasteiger partial charge in [-0.15, -0.1) is 0 Å². The summed E-state index contributed by atoms with van der Waals surface area (Å²) in [7, 11) is 1.66. The maximum Gasteiger partial charge on any atom is 0.125 e. The van der Waals surface area contributed by atoms with Gasteiger partial charge in [0.1, 0.15) is 12.0 Å². The molecule has 2 heteroatoms. The maximum atomic E-state index is 10.5. The molecule has 0 aliphatic rings. The Hall–Kier alpha value is -1.31. The third kappa shape index (κ3) is 2.34. The molecule has 76 valence electrons. The highest BCUT2D eigenvalue weighted by atomic mass is 16.5. The number of aryl methyl sites for hydroxylation is 1. The summed E-state index contributed by atoms with van der Waals surface area (Å²) < 4.78 is 5.32. The van der Waals surface area contributed by atoms with Gasteiger partial charge in [0, 0.05) is 12.0 Å². The highest BCUT2D eigenvalue weighted by Gasteiger charge is 2.06. The second-order valence-corrected chi connectivity index (χ2v) is 3.23. The number of rotatable bonds is 5. The monoisotopic (exact) mass is 192 g/mol. The Kier molecular flexibility index (Phi) is 4.17. The van der Waals surface area contributed by atoms with Gasteiger partial charge in [-0.05, 0) is 12.0 Å². The minimum Gasteiger partial charge on any atom is -0.496 e.